The van der Waals surface area contributed by atoms with E-state index >= 15 is 0 Å². The smallest absolute Gasteiger partial charge is 0.410 e. The van der Waals surface area contributed by atoms with Crippen LogP contribution in [0.4, 0.5) is 13.6 Å². The van der Waals surface area contributed by atoms with Crippen molar-refractivity contribution in [3.8, 4) is 0 Å². The van der Waals surface area contributed by atoms with Gasteiger partial charge in [0.05, 0.1) is 30.7 Å². The maximum Gasteiger partial charge on any atom is 0.410 e. The molecule has 2 amide bonds. The van der Waals surface area contributed by atoms with Crippen molar-refractivity contribution < 1.29 is 33.0 Å². The minimum atomic E-state index is -0.755. The van der Waals surface area contributed by atoms with E-state index in [0.29, 0.717) is 0 Å². The topological polar surface area (TPSA) is 88.1 Å². The fourth-order valence-corrected chi connectivity index (χ4v) is 3.77. The Balaban J connectivity index is 2.02. The Morgan fingerprint density at radius 1 is 1.29 bits per heavy atom. The van der Waals surface area contributed by atoms with Gasteiger partial charge < -0.3 is 19.9 Å². The summed E-state index contributed by atoms with van der Waals surface area (Å²) < 4.78 is 38.5. The molecule has 1 aliphatic rings. The lowest BCUT2D eigenvalue weighted by Crippen LogP contribution is -2.50. The van der Waals surface area contributed by atoms with E-state index in [2.05, 4.69) is 5.32 Å². The Kier molecular flexibility index (Phi) is 8.36. The number of nitrogens with one attached hydrogen (secondary N) is 1. The number of hydrogen-bond acceptors (Lipinski definition) is 5. The average Bonchev–Trinajstić information content (AvgIpc) is 3.04. The predicted molar refractivity (Wildman–Crippen MR) is 110 cm³/mol. The third-order valence-electron chi connectivity index (χ3n) is 5.24. The molecular formula is C22H32F2N2O5. The molecule has 0 aliphatic carbocycles. The second-order valence-corrected chi connectivity index (χ2v) is 8.82. The van der Waals surface area contributed by atoms with Gasteiger partial charge in [0, 0.05) is 19.2 Å². The Hall–Kier alpha value is -2.26. The second-order valence-electron chi connectivity index (χ2n) is 8.82. The van der Waals surface area contributed by atoms with E-state index < -0.39 is 47.5 Å². The summed E-state index contributed by atoms with van der Waals surface area (Å²) in [5.41, 5.74) is -0.795. The number of nitrogens with zero attached hydrogens (tertiary/aromatic N) is 1. The number of halogens is 2. The van der Waals surface area contributed by atoms with Crippen LogP contribution in [-0.2, 0) is 20.7 Å². The third kappa shape index (κ3) is 6.61. The van der Waals surface area contributed by atoms with Gasteiger partial charge in [-0.2, -0.15) is 0 Å². The zero-order valence-corrected chi connectivity index (χ0v) is 18.7. The lowest BCUT2D eigenvalue weighted by atomic mass is 9.94. The van der Waals surface area contributed by atoms with Crippen LogP contribution in [0.2, 0.25) is 0 Å². The van der Waals surface area contributed by atoms with E-state index in [0.717, 1.165) is 0 Å². The van der Waals surface area contributed by atoms with Crippen molar-refractivity contribution in [2.45, 2.75) is 64.4 Å². The number of benzene rings is 1. The molecule has 0 bridgehead atoms. The summed E-state index contributed by atoms with van der Waals surface area (Å²) in [5, 5.41) is 12.8. The number of ether oxygens (including phenoxy) is 2. The first-order chi connectivity index (χ1) is 14.4. The first-order valence-corrected chi connectivity index (χ1v) is 10.4. The van der Waals surface area contributed by atoms with Gasteiger partial charge in [-0.15, -0.1) is 0 Å². The fourth-order valence-electron chi connectivity index (χ4n) is 3.77. The van der Waals surface area contributed by atoms with Gasteiger partial charge >= 0.3 is 6.09 Å². The summed E-state index contributed by atoms with van der Waals surface area (Å²) in [5.74, 6) is -2.39. The average molecular weight is 443 g/mol. The molecule has 1 fully saturated rings. The molecule has 0 saturated carbocycles. The molecule has 2 rings (SSSR count). The van der Waals surface area contributed by atoms with Crippen molar-refractivity contribution >= 4 is 12.0 Å². The van der Waals surface area contributed by atoms with Crippen LogP contribution in [0.5, 0.6) is 0 Å². The zero-order chi connectivity index (χ0) is 23.3. The van der Waals surface area contributed by atoms with Gasteiger partial charge in [-0.05, 0) is 45.7 Å². The van der Waals surface area contributed by atoms with Crippen molar-refractivity contribution in [3.05, 3.63) is 35.4 Å². The van der Waals surface area contributed by atoms with Crippen molar-refractivity contribution in [2.24, 2.45) is 5.92 Å². The van der Waals surface area contributed by atoms with Gasteiger partial charge in [0.1, 0.15) is 17.2 Å². The number of carbonyl (C=O) groups is 2. The number of likely N-dealkylation sites (tertiary alicyclic amines) is 1. The Bertz CT molecular complexity index is 763. The molecule has 0 radical (unpaired) electrons. The number of rotatable bonds is 7. The van der Waals surface area contributed by atoms with Gasteiger partial charge in [-0.3, -0.25) is 9.69 Å². The highest BCUT2D eigenvalue weighted by atomic mass is 19.1. The minimum absolute atomic E-state index is 0.000785. The number of methoxy groups -OCH3 is 1. The predicted octanol–water partition coefficient (Wildman–Crippen LogP) is 2.64. The van der Waals surface area contributed by atoms with Crippen LogP contribution < -0.4 is 5.32 Å². The van der Waals surface area contributed by atoms with E-state index in [1.807, 2.05) is 0 Å². The number of aliphatic hydroxyl groups is 1. The first kappa shape index (κ1) is 25.0. The van der Waals surface area contributed by atoms with E-state index in [1.54, 1.807) is 27.7 Å². The largest absolute Gasteiger partial charge is 0.444 e. The summed E-state index contributed by atoms with van der Waals surface area (Å²) in [6, 6.07) is 3.06. The molecule has 174 valence electrons. The summed E-state index contributed by atoms with van der Waals surface area (Å²) >= 11 is 0. The normalized spacial score (nSPS) is 21.0. The number of β-amino-alcohol motifs (C(OH)–C–C–N with tert-alkyl or cyclic N) is 1. The number of hydrogen-bond donors (Lipinski definition) is 2. The Labute approximate surface area is 181 Å². The zero-order valence-electron chi connectivity index (χ0n) is 18.7. The van der Waals surface area contributed by atoms with Crippen molar-refractivity contribution in [1.29, 1.82) is 0 Å². The fraction of sp³-hybridized carbons (Fsp3) is 0.636. The molecule has 7 nitrogen and oxygen atoms in total. The standard InChI is InChI=1S/C22H32F2N2O5/c1-13(20(28)25-10-9-15-16(23)7-6-8-17(15)24)19(30-5)18-11-14(27)12-26(18)21(29)31-22(2,3)4/h6-8,13-14,18-19,27H,9-12H2,1-5H3,(H,25,28)/t13-,14+,18+,19-/m1/s1. The van der Waals surface area contributed by atoms with E-state index in [9.17, 15) is 23.5 Å². The molecule has 1 heterocycles. The summed E-state index contributed by atoms with van der Waals surface area (Å²) in [4.78, 5) is 26.7. The van der Waals surface area contributed by atoms with Crippen LogP contribution in [0.25, 0.3) is 0 Å². The maximum atomic E-state index is 13.7. The van der Waals surface area contributed by atoms with E-state index in [-0.39, 0.29) is 37.4 Å². The van der Waals surface area contributed by atoms with Gasteiger partial charge in [0.25, 0.3) is 0 Å². The molecular weight excluding hydrogens is 410 g/mol. The molecule has 2 N–H and O–H groups in total. The van der Waals surface area contributed by atoms with Crippen LogP contribution in [0, 0.1) is 17.6 Å². The van der Waals surface area contributed by atoms with Gasteiger partial charge in [-0.25, -0.2) is 13.6 Å². The highest BCUT2D eigenvalue weighted by molar-refractivity contribution is 5.79. The van der Waals surface area contributed by atoms with Crippen molar-refractivity contribution in [1.82, 2.24) is 10.2 Å². The summed E-state index contributed by atoms with van der Waals surface area (Å²) in [6.45, 7) is 7.00. The molecule has 9 heteroatoms. The van der Waals surface area contributed by atoms with Gasteiger partial charge in [0.2, 0.25) is 5.91 Å². The lowest BCUT2D eigenvalue weighted by molar-refractivity contribution is -0.130. The first-order valence-electron chi connectivity index (χ1n) is 10.4. The van der Waals surface area contributed by atoms with Crippen LogP contribution in [0.1, 0.15) is 39.7 Å². The van der Waals surface area contributed by atoms with E-state index in [1.165, 1.54) is 30.2 Å². The second kappa shape index (κ2) is 10.4. The van der Waals surface area contributed by atoms with E-state index in [4.69, 9.17) is 9.47 Å². The third-order valence-corrected chi connectivity index (χ3v) is 5.24. The molecule has 1 aromatic carbocycles. The van der Waals surface area contributed by atoms with Crippen LogP contribution >= 0.6 is 0 Å². The van der Waals surface area contributed by atoms with Crippen LogP contribution in [0.3, 0.4) is 0 Å². The molecule has 4 atom stereocenters. The summed E-state index contributed by atoms with van der Waals surface area (Å²) in [7, 11) is 1.43. The molecule has 1 aliphatic heterocycles. The lowest BCUT2D eigenvalue weighted by Gasteiger charge is -2.34. The Morgan fingerprint density at radius 2 is 1.90 bits per heavy atom. The molecule has 0 unspecified atom stereocenters. The van der Waals surface area contributed by atoms with Crippen molar-refractivity contribution in [3.63, 3.8) is 0 Å². The van der Waals surface area contributed by atoms with Gasteiger partial charge in [0.15, 0.2) is 0 Å². The highest BCUT2D eigenvalue weighted by Gasteiger charge is 2.44. The van der Waals surface area contributed by atoms with Crippen LogP contribution in [0.15, 0.2) is 18.2 Å². The quantitative estimate of drug-likeness (QED) is 0.678. The monoisotopic (exact) mass is 442 g/mol. The van der Waals surface area contributed by atoms with Crippen LogP contribution in [-0.4, -0.2) is 66.1 Å². The molecule has 0 spiro atoms. The summed E-state index contributed by atoms with van der Waals surface area (Å²) in [6.07, 6.45) is -1.79. The van der Waals surface area contributed by atoms with Gasteiger partial charge in [-0.1, -0.05) is 13.0 Å². The molecule has 0 aromatic heterocycles. The minimum Gasteiger partial charge on any atom is -0.444 e. The maximum absolute atomic E-state index is 13.7. The number of amides is 2. The molecule has 31 heavy (non-hydrogen) atoms. The van der Waals surface area contributed by atoms with Crippen molar-refractivity contribution in [2.75, 3.05) is 20.2 Å². The number of aliphatic hydroxyl groups excluding tert-OH is 1. The SMILES string of the molecule is CO[C@H]([C@@H](C)C(=O)NCCc1c(F)cccc1F)[C@@H]1C[C@H](O)CN1C(=O)OC(C)(C)C. The Morgan fingerprint density at radius 3 is 2.45 bits per heavy atom. The molecule has 1 aromatic rings. The number of carbonyl (C=O) groups excluding carboxylic acids is 2. The molecule has 1 saturated heterocycles. The highest BCUT2D eigenvalue weighted by Crippen LogP contribution is 2.28.